The molecule has 4 aromatic carbocycles. The van der Waals surface area contributed by atoms with E-state index in [1.54, 1.807) is 39.8 Å². The molecular weight excluding hydrogens is 648 g/mol. The van der Waals surface area contributed by atoms with Crippen LogP contribution in [0.15, 0.2) is 48.5 Å². The maximum atomic E-state index is 12.9. The third-order valence-corrected chi connectivity index (χ3v) is 7.10. The molecule has 0 saturated heterocycles. The monoisotopic (exact) mass is 692 g/mol. The van der Waals surface area contributed by atoms with Crippen LogP contribution >= 0.6 is 0 Å². The Kier molecular flexibility index (Phi) is 14.7. The molecule has 0 amide bonds. The SMILES string of the molecule is CCCOc1c(C(=O)OCC)c(C(=O)OCC)c(OCCC)c2ccccc12.CCOC(=O)c1c(C(=O)OCC)c(O)c2ccccc2c1O. The average molecular weight is 693 g/mol. The van der Waals surface area contributed by atoms with Gasteiger partial charge in [-0.3, -0.25) is 0 Å². The van der Waals surface area contributed by atoms with Gasteiger partial charge in [0.1, 0.15) is 45.3 Å². The third kappa shape index (κ3) is 8.55. The summed E-state index contributed by atoms with van der Waals surface area (Å²) in [5, 5.41) is 22.6. The first kappa shape index (κ1) is 38.9. The van der Waals surface area contributed by atoms with Gasteiger partial charge in [-0.15, -0.1) is 0 Å². The second kappa shape index (κ2) is 18.9. The summed E-state index contributed by atoms with van der Waals surface area (Å²) >= 11 is 0. The molecule has 4 aromatic rings. The van der Waals surface area contributed by atoms with Gasteiger partial charge in [0.2, 0.25) is 0 Å². The van der Waals surface area contributed by atoms with Crippen LogP contribution in [0.1, 0.15) is 95.8 Å². The first-order valence-electron chi connectivity index (χ1n) is 16.6. The molecule has 0 aliphatic heterocycles. The summed E-state index contributed by atoms with van der Waals surface area (Å²) in [5.74, 6) is -3.27. The molecule has 50 heavy (non-hydrogen) atoms. The van der Waals surface area contributed by atoms with Crippen molar-refractivity contribution in [3.8, 4) is 23.0 Å². The third-order valence-electron chi connectivity index (χ3n) is 7.10. The first-order chi connectivity index (χ1) is 24.1. The van der Waals surface area contributed by atoms with Gasteiger partial charge in [0.05, 0.1) is 39.6 Å². The van der Waals surface area contributed by atoms with Crippen LogP contribution in [-0.2, 0) is 18.9 Å². The lowest BCUT2D eigenvalue weighted by molar-refractivity contribution is 0.0471. The Morgan fingerprint density at radius 3 is 1.02 bits per heavy atom. The maximum Gasteiger partial charge on any atom is 0.342 e. The fourth-order valence-electron chi connectivity index (χ4n) is 5.09. The lowest BCUT2D eigenvalue weighted by Gasteiger charge is -2.20. The molecule has 0 atom stereocenters. The largest absolute Gasteiger partial charge is 0.506 e. The molecule has 0 unspecified atom stereocenters. The fourth-order valence-corrected chi connectivity index (χ4v) is 5.09. The summed E-state index contributed by atoms with van der Waals surface area (Å²) < 4.78 is 32.1. The smallest absolute Gasteiger partial charge is 0.342 e. The molecule has 2 N–H and O–H groups in total. The molecule has 0 spiro atoms. The van der Waals surface area contributed by atoms with E-state index in [1.807, 2.05) is 38.1 Å². The van der Waals surface area contributed by atoms with Crippen molar-refractivity contribution in [3.05, 3.63) is 70.8 Å². The molecule has 268 valence electrons. The van der Waals surface area contributed by atoms with Crippen LogP contribution < -0.4 is 9.47 Å². The van der Waals surface area contributed by atoms with Crippen molar-refractivity contribution >= 4 is 45.4 Å². The molecule has 0 fully saturated rings. The summed E-state index contributed by atoms with van der Waals surface area (Å²) in [7, 11) is 0. The summed E-state index contributed by atoms with van der Waals surface area (Å²) in [6.07, 6.45) is 1.50. The van der Waals surface area contributed by atoms with Crippen molar-refractivity contribution in [1.82, 2.24) is 0 Å². The van der Waals surface area contributed by atoms with E-state index < -0.39 is 46.5 Å². The Labute approximate surface area is 290 Å². The number of hydrogen-bond donors (Lipinski definition) is 2. The number of esters is 4. The highest BCUT2D eigenvalue weighted by Crippen LogP contribution is 2.43. The van der Waals surface area contributed by atoms with Crippen molar-refractivity contribution in [3.63, 3.8) is 0 Å². The summed E-state index contributed by atoms with van der Waals surface area (Å²) in [4.78, 5) is 49.9. The number of aromatic hydroxyl groups is 2. The number of fused-ring (bicyclic) bond motifs is 2. The highest BCUT2D eigenvalue weighted by Gasteiger charge is 2.32. The Hall–Kier alpha value is -5.52. The van der Waals surface area contributed by atoms with Gasteiger partial charge < -0.3 is 38.6 Å². The number of phenols is 2. The standard InChI is InChI=1S/C22H28O6.C16H16O6/c1-5-13-27-19-15-11-9-10-12-16(15)20(28-14-6-2)18(22(24)26-8-4)17(19)21(23)25-7-3;1-3-21-15(19)11-12(16(20)22-4-2)14(18)10-8-6-5-7-9(10)13(11)17/h9-12H,5-8,13-14H2,1-4H3;5-8,17-18H,3-4H2,1-2H3. The number of benzene rings is 4. The highest BCUT2D eigenvalue weighted by molar-refractivity contribution is 6.15. The minimum absolute atomic E-state index is 0.0542. The van der Waals surface area contributed by atoms with Gasteiger partial charge in [-0.1, -0.05) is 62.4 Å². The Morgan fingerprint density at radius 1 is 0.460 bits per heavy atom. The number of phenolic OH excluding ortho intramolecular Hbond substituents is 2. The molecule has 0 radical (unpaired) electrons. The van der Waals surface area contributed by atoms with E-state index in [-0.39, 0.29) is 48.3 Å². The normalized spacial score (nSPS) is 10.5. The van der Waals surface area contributed by atoms with E-state index in [9.17, 15) is 29.4 Å². The fraction of sp³-hybridized carbons (Fsp3) is 0.368. The Bertz CT molecular complexity index is 1700. The van der Waals surface area contributed by atoms with Crippen molar-refractivity contribution in [2.45, 2.75) is 54.4 Å². The molecule has 4 rings (SSSR count). The van der Waals surface area contributed by atoms with Crippen LogP contribution in [0.2, 0.25) is 0 Å². The molecule has 0 saturated carbocycles. The Morgan fingerprint density at radius 2 is 0.740 bits per heavy atom. The van der Waals surface area contributed by atoms with Gasteiger partial charge in [-0.25, -0.2) is 19.2 Å². The van der Waals surface area contributed by atoms with Gasteiger partial charge in [0.15, 0.2) is 0 Å². The van der Waals surface area contributed by atoms with Crippen LogP contribution in [0.25, 0.3) is 21.5 Å². The van der Waals surface area contributed by atoms with Crippen molar-refractivity contribution in [1.29, 1.82) is 0 Å². The van der Waals surface area contributed by atoms with Crippen molar-refractivity contribution < 1.29 is 57.8 Å². The van der Waals surface area contributed by atoms with Gasteiger partial charge in [-0.2, -0.15) is 0 Å². The average Bonchev–Trinajstić information content (AvgIpc) is 3.11. The number of ether oxygens (including phenoxy) is 6. The zero-order valence-electron chi connectivity index (χ0n) is 29.3. The van der Waals surface area contributed by atoms with Crippen LogP contribution in [0, 0.1) is 0 Å². The van der Waals surface area contributed by atoms with Gasteiger partial charge in [0, 0.05) is 21.5 Å². The van der Waals surface area contributed by atoms with E-state index in [0.29, 0.717) is 35.5 Å². The van der Waals surface area contributed by atoms with Gasteiger partial charge in [-0.05, 0) is 40.5 Å². The van der Waals surface area contributed by atoms with Gasteiger partial charge in [0.25, 0.3) is 0 Å². The van der Waals surface area contributed by atoms with Crippen LogP contribution in [0.5, 0.6) is 23.0 Å². The minimum Gasteiger partial charge on any atom is -0.506 e. The van der Waals surface area contributed by atoms with E-state index >= 15 is 0 Å². The van der Waals surface area contributed by atoms with Crippen LogP contribution in [-0.4, -0.2) is 73.7 Å². The lowest BCUT2D eigenvalue weighted by Crippen LogP contribution is -2.18. The molecule has 0 aliphatic carbocycles. The second-order valence-electron chi connectivity index (χ2n) is 10.5. The topological polar surface area (TPSA) is 164 Å². The molecular formula is C38H44O12. The second-order valence-corrected chi connectivity index (χ2v) is 10.5. The van der Waals surface area contributed by atoms with Crippen LogP contribution in [0.4, 0.5) is 0 Å². The number of carbonyl (C=O) groups excluding carboxylic acids is 4. The summed E-state index contributed by atoms with van der Waals surface area (Å²) in [5.41, 5.74) is -0.676. The van der Waals surface area contributed by atoms with Crippen molar-refractivity contribution in [2.24, 2.45) is 0 Å². The van der Waals surface area contributed by atoms with E-state index in [0.717, 1.165) is 12.8 Å². The predicted octanol–water partition coefficient (Wildman–Crippen LogP) is 7.38. The predicted molar refractivity (Wildman–Crippen MR) is 187 cm³/mol. The molecule has 0 bridgehead atoms. The zero-order chi connectivity index (χ0) is 36.8. The maximum absolute atomic E-state index is 12.9. The van der Waals surface area contributed by atoms with E-state index in [4.69, 9.17) is 28.4 Å². The first-order valence-corrected chi connectivity index (χ1v) is 16.6. The zero-order valence-corrected chi connectivity index (χ0v) is 29.3. The molecule has 0 aliphatic rings. The highest BCUT2D eigenvalue weighted by atomic mass is 16.6. The van der Waals surface area contributed by atoms with E-state index in [1.165, 1.54) is 12.1 Å². The van der Waals surface area contributed by atoms with Gasteiger partial charge >= 0.3 is 23.9 Å². The Balaban J connectivity index is 0.000000278. The minimum atomic E-state index is -0.899. The molecule has 12 heteroatoms. The molecule has 12 nitrogen and oxygen atoms in total. The van der Waals surface area contributed by atoms with E-state index in [2.05, 4.69) is 0 Å². The number of hydrogen-bond acceptors (Lipinski definition) is 12. The number of rotatable bonds is 14. The molecule has 0 heterocycles. The summed E-state index contributed by atoms with van der Waals surface area (Å²) in [6, 6.07) is 13.7. The van der Waals surface area contributed by atoms with Crippen LogP contribution in [0.3, 0.4) is 0 Å². The lowest BCUT2D eigenvalue weighted by atomic mass is 9.97. The number of carbonyl (C=O) groups is 4. The quantitative estimate of drug-likeness (QED) is 0.0767. The van der Waals surface area contributed by atoms with Crippen molar-refractivity contribution in [2.75, 3.05) is 39.6 Å². The summed E-state index contributed by atoms with van der Waals surface area (Å²) in [6.45, 7) is 11.8. The molecule has 0 aromatic heterocycles.